The predicted molar refractivity (Wildman–Crippen MR) is 232 cm³/mol. The minimum Gasteiger partial charge on any atom is -0.497 e. The molecule has 11 heteroatoms. The van der Waals surface area contributed by atoms with Crippen molar-refractivity contribution in [3.63, 3.8) is 0 Å². The van der Waals surface area contributed by atoms with E-state index >= 15 is 0 Å². The van der Waals surface area contributed by atoms with Crippen LogP contribution in [0.5, 0.6) is 11.5 Å². The van der Waals surface area contributed by atoms with Crippen LogP contribution in [0.25, 0.3) is 11.2 Å². The Labute approximate surface area is 353 Å². The van der Waals surface area contributed by atoms with Gasteiger partial charge in [-0.2, -0.15) is 0 Å². The van der Waals surface area contributed by atoms with Crippen molar-refractivity contribution >= 4 is 17.0 Å². The van der Waals surface area contributed by atoms with Gasteiger partial charge in [0.1, 0.15) is 53.4 Å². The lowest BCUT2D eigenvalue weighted by molar-refractivity contribution is -0.160. The number of rotatable bonds is 13. The van der Waals surface area contributed by atoms with E-state index in [0.717, 1.165) is 33.4 Å². The first-order valence-electron chi connectivity index (χ1n) is 20.0. The highest BCUT2D eigenvalue weighted by atomic mass is 16.6. The van der Waals surface area contributed by atoms with E-state index in [-0.39, 0.29) is 5.82 Å². The molecule has 0 saturated carbocycles. The van der Waals surface area contributed by atoms with Crippen LogP contribution < -0.4 is 15.2 Å². The third kappa shape index (κ3) is 6.77. The van der Waals surface area contributed by atoms with E-state index in [2.05, 4.69) is 39.2 Å². The molecule has 0 bridgehead atoms. The van der Waals surface area contributed by atoms with Crippen molar-refractivity contribution in [3.05, 3.63) is 216 Å². The second-order valence-electron chi connectivity index (χ2n) is 15.0. The minimum absolute atomic E-state index is 0.177. The second-order valence-corrected chi connectivity index (χ2v) is 15.0. The van der Waals surface area contributed by atoms with E-state index in [4.69, 9.17) is 24.7 Å². The van der Waals surface area contributed by atoms with Crippen LogP contribution in [0.3, 0.4) is 0 Å². The SMILES string of the molecule is COc1ccc(C(OC([C@H]2O[C@@H](n3cnc4c(N)ncnc43)[C@H](O)[C@@H]2O)C(c2ccccc2)(c2ccccc2)c2ccc(OC)cc2)(c2ccccc2)c2ccccc2)cc1. The number of aromatic nitrogens is 4. The lowest BCUT2D eigenvalue weighted by atomic mass is 9.63. The van der Waals surface area contributed by atoms with Gasteiger partial charge in [0.05, 0.1) is 26.0 Å². The van der Waals surface area contributed by atoms with Crippen molar-refractivity contribution in [3.8, 4) is 11.5 Å². The van der Waals surface area contributed by atoms with Gasteiger partial charge >= 0.3 is 0 Å². The Morgan fingerprint density at radius 1 is 0.574 bits per heavy atom. The maximum atomic E-state index is 12.7. The van der Waals surface area contributed by atoms with E-state index in [1.807, 2.05) is 146 Å². The number of fused-ring (bicyclic) bond motifs is 1. The Kier molecular flexibility index (Phi) is 10.8. The van der Waals surface area contributed by atoms with Gasteiger partial charge in [-0.1, -0.05) is 146 Å². The molecule has 6 aromatic carbocycles. The largest absolute Gasteiger partial charge is 0.497 e. The first kappa shape index (κ1) is 39.6. The Hall–Kier alpha value is -6.89. The molecule has 0 spiro atoms. The molecule has 1 aliphatic heterocycles. The van der Waals surface area contributed by atoms with Crippen LogP contribution in [-0.2, 0) is 20.5 Å². The number of imidazole rings is 1. The van der Waals surface area contributed by atoms with Crippen LogP contribution in [0, 0.1) is 0 Å². The topological polar surface area (TPSA) is 147 Å². The van der Waals surface area contributed by atoms with E-state index < -0.39 is 41.7 Å². The van der Waals surface area contributed by atoms with Crippen LogP contribution in [-0.4, -0.2) is 68.4 Å². The number of nitrogens with two attached hydrogens (primary N) is 1. The first-order chi connectivity index (χ1) is 29.9. The summed E-state index contributed by atoms with van der Waals surface area (Å²) in [5.74, 6) is 1.52. The lowest BCUT2D eigenvalue weighted by Crippen LogP contribution is -2.57. The van der Waals surface area contributed by atoms with Crippen LogP contribution in [0.1, 0.15) is 39.6 Å². The van der Waals surface area contributed by atoms with Gasteiger partial charge in [-0.15, -0.1) is 0 Å². The predicted octanol–water partition coefficient (Wildman–Crippen LogP) is 7.46. The zero-order chi connectivity index (χ0) is 42.0. The number of hydrogen-bond acceptors (Lipinski definition) is 10. The summed E-state index contributed by atoms with van der Waals surface area (Å²) in [5, 5.41) is 25.0. The van der Waals surface area contributed by atoms with Crippen LogP contribution >= 0.6 is 0 Å². The molecule has 2 aromatic heterocycles. The number of hydrogen-bond donors (Lipinski definition) is 3. The number of methoxy groups -OCH3 is 2. The summed E-state index contributed by atoms with van der Waals surface area (Å²) in [5.41, 5.74) is 9.23. The van der Waals surface area contributed by atoms with Gasteiger partial charge in [0.15, 0.2) is 17.7 Å². The summed E-state index contributed by atoms with van der Waals surface area (Å²) >= 11 is 0. The van der Waals surface area contributed by atoms with Crippen molar-refractivity contribution in [1.82, 2.24) is 19.5 Å². The molecule has 1 unspecified atom stereocenters. The first-order valence-corrected chi connectivity index (χ1v) is 20.0. The van der Waals surface area contributed by atoms with Crippen molar-refractivity contribution in [2.75, 3.05) is 20.0 Å². The van der Waals surface area contributed by atoms with Gasteiger partial charge in [-0.25, -0.2) is 15.0 Å². The van der Waals surface area contributed by atoms with Crippen molar-refractivity contribution in [2.24, 2.45) is 0 Å². The fourth-order valence-corrected chi connectivity index (χ4v) is 8.94. The summed E-state index contributed by atoms with van der Waals surface area (Å²) in [6.45, 7) is 0. The summed E-state index contributed by atoms with van der Waals surface area (Å²) < 4.78 is 28.2. The molecule has 1 saturated heterocycles. The molecule has 3 heterocycles. The van der Waals surface area contributed by atoms with E-state index in [0.29, 0.717) is 22.7 Å². The fraction of sp³-hybridized carbons (Fsp3) is 0.180. The average Bonchev–Trinajstić information content (AvgIpc) is 3.89. The highest BCUT2D eigenvalue weighted by Gasteiger charge is 2.59. The highest BCUT2D eigenvalue weighted by molar-refractivity contribution is 5.81. The van der Waals surface area contributed by atoms with Gasteiger partial charge in [-0.3, -0.25) is 4.57 Å². The Balaban J connectivity index is 1.38. The number of benzene rings is 6. The third-order valence-corrected chi connectivity index (χ3v) is 11.8. The normalized spacial score (nSPS) is 18.5. The van der Waals surface area contributed by atoms with Gasteiger partial charge < -0.3 is 34.9 Å². The summed E-state index contributed by atoms with van der Waals surface area (Å²) in [6, 6.07) is 55.9. The summed E-state index contributed by atoms with van der Waals surface area (Å²) in [7, 11) is 3.27. The van der Waals surface area contributed by atoms with Gasteiger partial charge in [0, 0.05) is 0 Å². The molecular weight excluding hydrogens is 767 g/mol. The molecule has 4 N–H and O–H groups in total. The molecule has 11 nitrogen and oxygen atoms in total. The molecule has 9 rings (SSSR count). The quantitative estimate of drug-likeness (QED) is 0.100. The highest BCUT2D eigenvalue weighted by Crippen LogP contribution is 2.53. The number of ether oxygens (including phenoxy) is 4. The van der Waals surface area contributed by atoms with Crippen LogP contribution in [0.2, 0.25) is 0 Å². The fourth-order valence-electron chi connectivity index (χ4n) is 8.94. The number of anilines is 1. The lowest BCUT2D eigenvalue weighted by Gasteiger charge is -2.49. The molecule has 1 aliphatic rings. The van der Waals surface area contributed by atoms with Crippen molar-refractivity contribution in [2.45, 2.75) is 41.7 Å². The van der Waals surface area contributed by atoms with Crippen LogP contribution in [0.15, 0.2) is 183 Å². The summed E-state index contributed by atoms with van der Waals surface area (Å²) in [4.78, 5) is 13.0. The number of aliphatic hydroxyl groups is 2. The minimum atomic E-state index is -1.50. The standard InChI is InChI=1S/C50H45N5O6/c1-58-39-27-23-35(24-28-39)49(33-15-7-3-8-16-33,34-17-9-4-10-18-34)45(44-42(56)43(57)48(60-44)55-32-54-41-46(51)52-31-53-47(41)55)61-50(36-19-11-5-12-20-36,37-21-13-6-14-22-37)38-25-29-40(59-2)30-26-38/h3-32,42-45,48,56-57H,1-2H3,(H2,51,52,53)/t42-,43+,44-,45?,48+/m0/s1. The maximum Gasteiger partial charge on any atom is 0.167 e. The van der Waals surface area contributed by atoms with Gasteiger partial charge in [0.25, 0.3) is 0 Å². The smallest absolute Gasteiger partial charge is 0.167 e. The Bertz CT molecular complexity index is 2610. The molecule has 0 aliphatic carbocycles. The van der Waals surface area contributed by atoms with E-state index in [1.54, 1.807) is 18.8 Å². The average molecular weight is 812 g/mol. The van der Waals surface area contributed by atoms with Crippen molar-refractivity contribution < 1.29 is 29.2 Å². The zero-order valence-corrected chi connectivity index (χ0v) is 33.6. The number of nitrogens with zero attached hydrogens (tertiary/aromatic N) is 4. The monoisotopic (exact) mass is 811 g/mol. The molecular formula is C50H45N5O6. The van der Waals surface area contributed by atoms with Crippen LogP contribution in [0.4, 0.5) is 5.82 Å². The maximum absolute atomic E-state index is 12.7. The van der Waals surface area contributed by atoms with Gasteiger partial charge in [-0.05, 0) is 57.6 Å². The molecule has 5 atom stereocenters. The molecule has 1 fully saturated rings. The Morgan fingerprint density at radius 2 is 1.02 bits per heavy atom. The third-order valence-electron chi connectivity index (χ3n) is 11.8. The Morgan fingerprint density at radius 3 is 1.51 bits per heavy atom. The number of aliphatic hydroxyl groups excluding tert-OH is 2. The van der Waals surface area contributed by atoms with Crippen molar-refractivity contribution in [1.29, 1.82) is 0 Å². The molecule has 306 valence electrons. The summed E-state index contributed by atoms with van der Waals surface area (Å²) in [6.07, 6.45) is -3.64. The molecule has 0 radical (unpaired) electrons. The molecule has 8 aromatic rings. The molecule has 0 amide bonds. The zero-order valence-electron chi connectivity index (χ0n) is 33.6. The van der Waals surface area contributed by atoms with E-state index in [1.165, 1.54) is 12.7 Å². The van der Waals surface area contributed by atoms with E-state index in [9.17, 15) is 10.2 Å². The second kappa shape index (κ2) is 16.6. The number of nitrogen functional groups attached to an aromatic ring is 1. The van der Waals surface area contributed by atoms with Gasteiger partial charge in [0.2, 0.25) is 0 Å². The molecule has 61 heavy (non-hydrogen) atoms.